The third kappa shape index (κ3) is 56.9. The van der Waals surface area contributed by atoms with Crippen LogP contribution in [0.4, 0.5) is 0 Å². The van der Waals surface area contributed by atoms with Gasteiger partial charge in [0.1, 0.15) is 28.9 Å². The topological polar surface area (TPSA) is 145 Å². The fraction of sp³-hybridized carbons (Fsp3) is 0.600. The Bertz CT molecular complexity index is 4540. The molecule has 55 heteroatoms. The maximum absolute atomic E-state index is 13.1. The summed E-state index contributed by atoms with van der Waals surface area (Å²) in [6, 6.07) is 12.7. The van der Waals surface area contributed by atoms with E-state index >= 15 is 0 Å². The van der Waals surface area contributed by atoms with Crippen molar-refractivity contribution in [2.24, 2.45) is 0 Å². The van der Waals surface area contributed by atoms with Gasteiger partial charge in [0.2, 0.25) is 0 Å². The monoisotopic (exact) mass is 2080 g/mol. The SMILES string of the molecule is COC(=O)[C@@H]1CC(=O)CN1C(=O)c1c(C)cccc1OCOCC[Si](C)(C)C.COC(=O)c1c(OCOCC[Si](C)(C)C)cccc1OCOCC[Si](C)(C)C.S=S=S=S=S=S=S=S=S=S=S=S=S=S=S=S=S=S=S=S=S=S=S=S=S=S=S=S=S=S=S=S=S=S=S=S=S=S=S. The molecule has 2 aromatic rings. The van der Waals surface area contributed by atoms with Crippen LogP contribution >= 0.6 is 0 Å². The van der Waals surface area contributed by atoms with Gasteiger partial charge < -0.3 is 42.8 Å². The number of carbonyl (C=O) groups is 4. The van der Waals surface area contributed by atoms with Gasteiger partial charge in [-0.25, -0.2) is 9.59 Å². The lowest BCUT2D eigenvalue weighted by Crippen LogP contribution is -2.41. The van der Waals surface area contributed by atoms with Crippen LogP contribution in [0.3, 0.4) is 0 Å². The summed E-state index contributed by atoms with van der Waals surface area (Å²) < 4.78 is 43.4. The van der Waals surface area contributed by atoms with Crippen molar-refractivity contribution in [3.63, 3.8) is 0 Å². The zero-order valence-electron chi connectivity index (χ0n) is 51.6. The number of aryl methyl sites for hydroxylation is 1. The van der Waals surface area contributed by atoms with Crippen molar-refractivity contribution in [2.75, 3.05) is 61.0 Å². The number of ether oxygens (including phenoxy) is 8. The molecule has 1 atom stereocenters. The molecular formula is C40H65NO12S39Si3. The van der Waals surface area contributed by atoms with Gasteiger partial charge in [-0.15, -0.1) is 0 Å². The number of esters is 2. The molecule has 1 saturated heterocycles. The highest BCUT2D eigenvalue weighted by Gasteiger charge is 2.41. The summed E-state index contributed by atoms with van der Waals surface area (Å²) in [6.45, 7) is 24.3. The van der Waals surface area contributed by atoms with Gasteiger partial charge in [0.25, 0.3) is 5.91 Å². The number of ketones is 1. The Morgan fingerprint density at radius 1 is 0.432 bits per heavy atom. The second-order valence-electron chi connectivity index (χ2n) is 19.7. The van der Waals surface area contributed by atoms with Gasteiger partial charge in [0, 0.05) is 401 Å². The van der Waals surface area contributed by atoms with E-state index in [2.05, 4.69) is 58.9 Å². The van der Waals surface area contributed by atoms with Crippen LogP contribution in [0.1, 0.15) is 32.7 Å². The van der Waals surface area contributed by atoms with Gasteiger partial charge in [-0.1, -0.05) is 77.1 Å². The van der Waals surface area contributed by atoms with E-state index in [1.165, 1.54) is 36.9 Å². The summed E-state index contributed by atoms with van der Waals surface area (Å²) in [7, 11) is 64.7. The van der Waals surface area contributed by atoms with Crippen LogP contribution < -0.4 is 14.2 Å². The minimum atomic E-state index is -1.19. The van der Waals surface area contributed by atoms with E-state index in [4.69, 9.17) is 60.3 Å². The summed E-state index contributed by atoms with van der Waals surface area (Å²) >= 11 is 9.60. The summed E-state index contributed by atoms with van der Waals surface area (Å²) in [5.41, 5.74) is 1.28. The zero-order chi connectivity index (χ0) is 70.3. The molecule has 13 nitrogen and oxygen atoms in total. The first-order valence-electron chi connectivity index (χ1n) is 25.3. The molecule has 2 aromatic carbocycles. The summed E-state index contributed by atoms with van der Waals surface area (Å²) in [6.07, 6.45) is -0.0275. The van der Waals surface area contributed by atoms with Gasteiger partial charge in [-0.3, -0.25) is 9.59 Å². The Morgan fingerprint density at radius 2 is 0.705 bits per heavy atom. The van der Waals surface area contributed by atoms with Crippen molar-refractivity contribution >= 4 is 399 Å². The summed E-state index contributed by atoms with van der Waals surface area (Å²) in [5.74, 6) is -0.578. The molecule has 548 valence electrons. The van der Waals surface area contributed by atoms with E-state index in [1.54, 1.807) is 150 Å². The minimum absolute atomic E-state index is 0.0275. The average Bonchev–Trinajstić information content (AvgIpc) is 1.79. The van der Waals surface area contributed by atoms with Crippen molar-refractivity contribution in [2.45, 2.75) is 96.4 Å². The van der Waals surface area contributed by atoms with E-state index in [0.717, 1.165) is 18.1 Å². The lowest BCUT2D eigenvalue weighted by atomic mass is 10.1. The quantitative estimate of drug-likeness (QED) is 0.0530. The Morgan fingerprint density at radius 3 is 0.968 bits per heavy atom. The number of amides is 1. The largest absolute Gasteiger partial charge is 0.467 e. The Labute approximate surface area is 675 Å². The summed E-state index contributed by atoms with van der Waals surface area (Å²) in [5, 5.41) is 0. The molecule has 0 N–H and O–H groups in total. The van der Waals surface area contributed by atoms with Crippen molar-refractivity contribution in [1.29, 1.82) is 0 Å². The summed E-state index contributed by atoms with van der Waals surface area (Å²) in [4.78, 5) is 50.5. The fourth-order valence-corrected chi connectivity index (χ4v) is 104. The lowest BCUT2D eigenvalue weighted by Gasteiger charge is -2.24. The zero-order valence-corrected chi connectivity index (χ0v) is 86.4. The van der Waals surface area contributed by atoms with Crippen molar-refractivity contribution in [3.8, 4) is 17.2 Å². The van der Waals surface area contributed by atoms with Gasteiger partial charge in [-0.05, 0) is 48.8 Å². The number of benzene rings is 2. The maximum Gasteiger partial charge on any atom is 0.345 e. The van der Waals surface area contributed by atoms with Crippen LogP contribution in [0.2, 0.25) is 77.1 Å². The first-order valence-corrected chi connectivity index (χ1v) is 87.1. The number of nitrogens with zero attached hydrogens (tertiary/aromatic N) is 1. The fourth-order valence-electron chi connectivity index (χ4n) is 5.51. The van der Waals surface area contributed by atoms with Gasteiger partial charge in [0.05, 0.1) is 26.3 Å². The highest BCUT2D eigenvalue weighted by molar-refractivity contribution is 8.81. The number of rotatable bonds is 21. The van der Waals surface area contributed by atoms with E-state index in [0.29, 0.717) is 48.2 Å². The number of likely N-dealkylation sites (tertiary alicyclic amines) is 1. The molecule has 0 aromatic heterocycles. The second kappa shape index (κ2) is 65.0. The van der Waals surface area contributed by atoms with E-state index in [-0.39, 0.29) is 44.7 Å². The maximum atomic E-state index is 13.1. The third-order valence-electron chi connectivity index (χ3n) is 9.59. The predicted molar refractivity (Wildman–Crippen MR) is 511 cm³/mol. The standard InChI is InChI=1S/C20H29NO6Si.C20H36O6Si2.S39/c1-14-7-6-8-17(27-13-26-9-10-28(3,4)5)18(14)19(23)21-12-15(22)11-16(21)20(24)25-2;1-22-20(21)19-17(25-15-23-11-13-27(2,3)4)9-8-10-18(19)26-16-24-12-14-28(5,6)7;1-3-5-7-9-11-13-15-17-19-21-23-25-27-29-31-33-35-37-39-38-36-34-32-30-28-26-24-22-20-18-16-14-12-10-8-6-4-2/h6-8,16H,9-13H2,1-5H3;8-10H,11-16H2,1-7H3;/t16-;;/m0../s1. The van der Waals surface area contributed by atoms with Crippen molar-refractivity contribution in [3.05, 3.63) is 53.1 Å². The number of hydrogen-bond donors (Lipinski definition) is 0. The molecule has 0 aliphatic carbocycles. The minimum Gasteiger partial charge on any atom is -0.467 e. The lowest BCUT2D eigenvalue weighted by molar-refractivity contribution is -0.145. The predicted octanol–water partition coefficient (Wildman–Crippen LogP) is 7.40. The molecule has 1 aliphatic rings. The van der Waals surface area contributed by atoms with Crippen LogP contribution in [0.25, 0.3) is 0 Å². The van der Waals surface area contributed by atoms with Crippen LogP contribution in [0, 0.1) is 6.92 Å². The first-order chi connectivity index (χ1) is 45.6. The van der Waals surface area contributed by atoms with Gasteiger partial charge in [0.15, 0.2) is 26.2 Å². The first kappa shape index (κ1) is 98.0. The van der Waals surface area contributed by atoms with Crippen LogP contribution in [0.5, 0.6) is 17.2 Å². The third-order valence-corrected chi connectivity index (χ3v) is 94.7. The molecule has 0 radical (unpaired) electrons. The van der Waals surface area contributed by atoms with E-state index in [1.807, 2.05) is 204 Å². The normalized spacial score (nSPS) is 11.7. The Hall–Kier alpha value is 5.03. The molecule has 3 rings (SSSR count). The molecule has 1 amide bonds. The smallest absolute Gasteiger partial charge is 0.345 e. The average molecular weight is 2090 g/mol. The van der Waals surface area contributed by atoms with Crippen LogP contribution in [0.15, 0.2) is 36.4 Å². The molecular weight excluding hydrogens is 2020 g/mol. The van der Waals surface area contributed by atoms with Crippen molar-refractivity contribution < 1.29 is 57.1 Å². The molecule has 0 saturated carbocycles. The van der Waals surface area contributed by atoms with Crippen LogP contribution in [-0.4, -0.2) is 120 Å². The van der Waals surface area contributed by atoms with E-state index in [9.17, 15) is 19.2 Å². The molecule has 0 spiro atoms. The molecule has 1 heterocycles. The van der Waals surface area contributed by atoms with E-state index < -0.39 is 48.1 Å². The number of Topliss-reactive ketones (excluding diaryl/α,β-unsaturated/α-hetero) is 1. The number of hydrogen-bond acceptors (Lipinski definition) is 14. The molecule has 0 unspecified atom stereocenters. The number of methoxy groups -OCH3 is 2. The van der Waals surface area contributed by atoms with Crippen molar-refractivity contribution in [1.82, 2.24) is 4.90 Å². The van der Waals surface area contributed by atoms with Gasteiger partial charge >= 0.3 is 11.9 Å². The number of carbonyl (C=O) groups excluding carboxylic acids is 4. The molecule has 95 heavy (non-hydrogen) atoms. The van der Waals surface area contributed by atoms with Gasteiger partial charge in [-0.2, -0.15) is 0 Å². The Kier molecular flexibility index (Phi) is 67.0. The Balaban J connectivity index is 0.000000726. The van der Waals surface area contributed by atoms with Crippen LogP contribution in [-0.2, 0) is 384 Å². The highest BCUT2D eigenvalue weighted by atomic mass is 33.5. The molecule has 1 fully saturated rings. The molecule has 1 aliphatic heterocycles. The highest BCUT2D eigenvalue weighted by Crippen LogP contribution is 2.30. The molecule has 0 bridgehead atoms. The second-order valence-corrected chi connectivity index (χ2v) is 102.